The fourth-order valence-corrected chi connectivity index (χ4v) is 3.36. The zero-order valence-corrected chi connectivity index (χ0v) is 17.9. The average molecular weight is 379 g/mol. The van der Waals surface area contributed by atoms with Gasteiger partial charge in [0.25, 0.3) is 0 Å². The number of rotatable bonds is 2. The predicted octanol–water partition coefficient (Wildman–Crippen LogP) is 4.62. The summed E-state index contributed by atoms with van der Waals surface area (Å²) in [5.41, 5.74) is 5.54. The molecule has 0 saturated carbocycles. The lowest BCUT2D eigenvalue weighted by molar-refractivity contribution is 0.277. The maximum Gasteiger partial charge on any atom is 0.0351 e. The van der Waals surface area contributed by atoms with Gasteiger partial charge in [0.2, 0.25) is 0 Å². The topological polar surface area (TPSA) is 29.5 Å². The molecular formula is C26H34O2. The zero-order chi connectivity index (χ0) is 20.8. The number of aliphatic hydroxyl groups excluding tert-OH is 1. The maximum absolute atomic E-state index is 7.00. The molecule has 2 aliphatic carbocycles. The van der Waals surface area contributed by atoms with Gasteiger partial charge in [-0.15, -0.1) is 0 Å². The van der Waals surface area contributed by atoms with Crippen molar-refractivity contribution in [3.05, 3.63) is 94.0 Å². The molecule has 1 aromatic carbocycles. The van der Waals surface area contributed by atoms with Crippen molar-refractivity contribution in [3.8, 4) is 0 Å². The first kappa shape index (κ1) is 23.6. The van der Waals surface area contributed by atoms with Crippen molar-refractivity contribution in [2.75, 3.05) is 21.3 Å². The van der Waals surface area contributed by atoms with Gasteiger partial charge in [-0.25, -0.2) is 0 Å². The minimum Gasteiger partial charge on any atom is -0.400 e. The fraction of sp³-hybridized carbons (Fsp3) is 0.308. The standard InChI is InChI=1S/C23H24.C2H6O.CH4O/c1-3-11-22(20-15-8-5-12-18(20)4-2)23-17-10-7-14-19-13-6-9-16-21(19)23;1-3-2;1-2/h3-5,8-12,14-17H,6-7,13H2,1-2H3;1-2H3;2H,1H3/b11-3-,18-4-,22-20+;;. The van der Waals surface area contributed by atoms with Gasteiger partial charge in [-0.3, -0.25) is 0 Å². The third-order valence-electron chi connectivity index (χ3n) is 4.47. The normalized spacial score (nSPS) is 17.1. The Morgan fingerprint density at radius 2 is 1.75 bits per heavy atom. The van der Waals surface area contributed by atoms with E-state index in [1.165, 1.54) is 32.7 Å². The first-order valence-corrected chi connectivity index (χ1v) is 9.77. The molecular weight excluding hydrogens is 344 g/mol. The molecule has 0 spiro atoms. The lowest BCUT2D eigenvalue weighted by Crippen LogP contribution is -2.26. The summed E-state index contributed by atoms with van der Waals surface area (Å²) in [5, 5.41) is 9.59. The second kappa shape index (κ2) is 13.7. The van der Waals surface area contributed by atoms with Crippen LogP contribution in [0.25, 0.3) is 11.6 Å². The molecule has 0 aliphatic heterocycles. The molecule has 1 aromatic rings. The largest absolute Gasteiger partial charge is 0.400 e. The Morgan fingerprint density at radius 3 is 2.43 bits per heavy atom. The van der Waals surface area contributed by atoms with Crippen LogP contribution in [0.1, 0.15) is 33.1 Å². The van der Waals surface area contributed by atoms with Gasteiger partial charge >= 0.3 is 0 Å². The van der Waals surface area contributed by atoms with Crippen molar-refractivity contribution >= 4 is 11.6 Å². The van der Waals surface area contributed by atoms with Gasteiger partial charge in [-0.05, 0) is 65.8 Å². The lowest BCUT2D eigenvalue weighted by atomic mass is 9.88. The molecule has 0 saturated heterocycles. The van der Waals surface area contributed by atoms with E-state index in [0.29, 0.717) is 0 Å². The highest BCUT2D eigenvalue weighted by Gasteiger charge is 2.15. The first-order chi connectivity index (χ1) is 13.8. The number of fused-ring (bicyclic) bond motifs is 1. The molecule has 0 fully saturated rings. The van der Waals surface area contributed by atoms with Crippen LogP contribution in [0.4, 0.5) is 0 Å². The maximum atomic E-state index is 7.00. The van der Waals surface area contributed by atoms with Crippen molar-refractivity contribution < 1.29 is 9.84 Å². The molecule has 2 heteroatoms. The van der Waals surface area contributed by atoms with Crippen molar-refractivity contribution in [2.45, 2.75) is 33.1 Å². The summed E-state index contributed by atoms with van der Waals surface area (Å²) in [5.74, 6) is 0. The van der Waals surface area contributed by atoms with E-state index < -0.39 is 0 Å². The number of ether oxygens (including phenoxy) is 1. The lowest BCUT2D eigenvalue weighted by Gasteiger charge is -2.17. The van der Waals surface area contributed by atoms with E-state index >= 15 is 0 Å². The number of hydrogen-bond donors (Lipinski definition) is 1. The van der Waals surface area contributed by atoms with Gasteiger partial charge in [0.1, 0.15) is 0 Å². The van der Waals surface area contributed by atoms with Crippen LogP contribution in [0.15, 0.2) is 83.5 Å². The van der Waals surface area contributed by atoms with Crippen LogP contribution in [0.2, 0.25) is 0 Å². The molecule has 0 bridgehead atoms. The van der Waals surface area contributed by atoms with Crippen LogP contribution in [0.3, 0.4) is 0 Å². The minimum absolute atomic E-state index is 1.00. The Labute approximate surface area is 170 Å². The molecule has 1 N–H and O–H groups in total. The van der Waals surface area contributed by atoms with Crippen molar-refractivity contribution in [3.63, 3.8) is 0 Å². The van der Waals surface area contributed by atoms with E-state index in [9.17, 15) is 0 Å². The van der Waals surface area contributed by atoms with Gasteiger partial charge < -0.3 is 9.84 Å². The Hall–Kier alpha value is -2.42. The Bertz CT molecular complexity index is 877. The van der Waals surface area contributed by atoms with E-state index in [0.717, 1.165) is 26.4 Å². The van der Waals surface area contributed by atoms with E-state index in [-0.39, 0.29) is 0 Å². The number of methoxy groups -OCH3 is 1. The van der Waals surface area contributed by atoms with E-state index in [1.54, 1.807) is 14.2 Å². The van der Waals surface area contributed by atoms with Gasteiger partial charge in [0, 0.05) is 21.3 Å². The quantitative estimate of drug-likeness (QED) is 0.814. The van der Waals surface area contributed by atoms with Crippen LogP contribution in [-0.2, 0) is 4.74 Å². The first-order valence-electron chi connectivity index (χ1n) is 9.77. The summed E-state index contributed by atoms with van der Waals surface area (Å²) in [6.45, 7) is 4.20. The van der Waals surface area contributed by atoms with Crippen LogP contribution < -0.4 is 10.4 Å². The summed E-state index contributed by atoms with van der Waals surface area (Å²) in [6.07, 6.45) is 21.5. The van der Waals surface area contributed by atoms with Crippen LogP contribution in [-0.4, -0.2) is 26.4 Å². The summed E-state index contributed by atoms with van der Waals surface area (Å²) in [6, 6.07) is 8.66. The highest BCUT2D eigenvalue weighted by Crippen LogP contribution is 2.32. The highest BCUT2D eigenvalue weighted by atomic mass is 16.4. The van der Waals surface area contributed by atoms with Gasteiger partial charge in [0.15, 0.2) is 0 Å². The number of allylic oxidation sites excluding steroid dienone is 10. The molecule has 3 rings (SSSR count). The van der Waals surface area contributed by atoms with Crippen molar-refractivity contribution in [1.29, 1.82) is 0 Å². The average Bonchev–Trinajstić information content (AvgIpc) is 2.97. The van der Waals surface area contributed by atoms with Crippen molar-refractivity contribution in [2.24, 2.45) is 0 Å². The van der Waals surface area contributed by atoms with Gasteiger partial charge in [0.05, 0.1) is 0 Å². The molecule has 2 aliphatic rings. The van der Waals surface area contributed by atoms with Gasteiger partial charge in [-0.2, -0.15) is 0 Å². The second-order valence-electron chi connectivity index (χ2n) is 6.33. The molecule has 0 heterocycles. The zero-order valence-electron chi connectivity index (χ0n) is 17.9. The third-order valence-corrected chi connectivity index (χ3v) is 4.47. The van der Waals surface area contributed by atoms with Crippen LogP contribution in [0, 0.1) is 0 Å². The molecule has 150 valence electrons. The van der Waals surface area contributed by atoms with Crippen molar-refractivity contribution in [1.82, 2.24) is 0 Å². The van der Waals surface area contributed by atoms with E-state index in [4.69, 9.17) is 5.11 Å². The molecule has 0 amide bonds. The van der Waals surface area contributed by atoms with Crippen LogP contribution >= 0.6 is 0 Å². The summed E-state index contributed by atoms with van der Waals surface area (Å²) >= 11 is 0. The number of aliphatic hydroxyl groups is 1. The third kappa shape index (κ3) is 6.33. The summed E-state index contributed by atoms with van der Waals surface area (Å²) in [7, 11) is 4.25. The number of hydrogen-bond acceptors (Lipinski definition) is 2. The molecule has 28 heavy (non-hydrogen) atoms. The smallest absolute Gasteiger partial charge is 0.0351 e. The summed E-state index contributed by atoms with van der Waals surface area (Å²) < 4.78 is 4.25. The highest BCUT2D eigenvalue weighted by molar-refractivity contribution is 5.80. The Kier molecular flexibility index (Phi) is 11.6. The summed E-state index contributed by atoms with van der Waals surface area (Å²) in [4.78, 5) is 0. The Balaban J connectivity index is 0.000000717. The minimum atomic E-state index is 1.00. The Morgan fingerprint density at radius 1 is 1.04 bits per heavy atom. The molecule has 0 radical (unpaired) electrons. The van der Waals surface area contributed by atoms with E-state index in [1.807, 2.05) is 0 Å². The van der Waals surface area contributed by atoms with Crippen LogP contribution in [0.5, 0.6) is 0 Å². The molecule has 0 unspecified atom stereocenters. The predicted molar refractivity (Wildman–Crippen MR) is 122 cm³/mol. The fourth-order valence-electron chi connectivity index (χ4n) is 3.36. The molecule has 2 nitrogen and oxygen atoms in total. The van der Waals surface area contributed by atoms with E-state index in [2.05, 4.69) is 91.5 Å². The monoisotopic (exact) mass is 378 g/mol. The second-order valence-corrected chi connectivity index (χ2v) is 6.33. The number of benzene rings is 1. The molecule has 0 aromatic heterocycles. The SMILES string of the molecule is CO.COC.C\C=C/C(C1=C2C=CCCC2=CCC=C1)=c1/cccc/c1=C/C. The van der Waals surface area contributed by atoms with Gasteiger partial charge in [-0.1, -0.05) is 72.9 Å². The molecule has 0 atom stereocenters.